The predicted octanol–water partition coefficient (Wildman–Crippen LogP) is 4.86. The lowest BCUT2D eigenvalue weighted by molar-refractivity contribution is -0.300. The Labute approximate surface area is 268 Å². The van der Waals surface area contributed by atoms with Gasteiger partial charge in [-0.25, -0.2) is 4.79 Å². The smallest absolute Gasteiger partial charge is 0.412 e. The van der Waals surface area contributed by atoms with Crippen LogP contribution in [0.3, 0.4) is 0 Å². The molecule has 0 aromatic heterocycles. The number of para-hydroxylation sites is 1. The van der Waals surface area contributed by atoms with E-state index in [9.17, 15) is 19.5 Å². The minimum absolute atomic E-state index is 0.353. The second-order valence-corrected chi connectivity index (χ2v) is 11.3. The SMILES string of the molecule is CO[C@H]1O[C@H](CO)[C@@H](OC(=O)Nc2ccccc2)[C@@H]2OC(=O)[C@H](Cc3ccccc3)CC=CC[C@@H](Cc3ccccc3)C(=O)O[C@H]12. The van der Waals surface area contributed by atoms with Crippen LogP contribution < -0.4 is 5.32 Å². The highest BCUT2D eigenvalue weighted by Crippen LogP contribution is 2.32. The zero-order valence-electron chi connectivity index (χ0n) is 25.6. The van der Waals surface area contributed by atoms with Gasteiger partial charge in [0.15, 0.2) is 24.6 Å². The number of anilines is 1. The van der Waals surface area contributed by atoms with E-state index < -0.39 is 67.2 Å². The van der Waals surface area contributed by atoms with Crippen LogP contribution in [-0.2, 0) is 46.1 Å². The lowest BCUT2D eigenvalue weighted by Crippen LogP contribution is -2.63. The van der Waals surface area contributed by atoms with Crippen molar-refractivity contribution in [1.29, 1.82) is 0 Å². The number of methoxy groups -OCH3 is 1. The fourth-order valence-electron chi connectivity index (χ4n) is 5.71. The average molecular weight is 630 g/mol. The second kappa shape index (κ2) is 16.2. The summed E-state index contributed by atoms with van der Waals surface area (Å²) in [6.45, 7) is -0.593. The van der Waals surface area contributed by atoms with Gasteiger partial charge in [-0.2, -0.15) is 0 Å². The van der Waals surface area contributed by atoms with E-state index in [1.54, 1.807) is 30.3 Å². The molecule has 2 aliphatic heterocycles. The zero-order valence-corrected chi connectivity index (χ0v) is 25.6. The third kappa shape index (κ3) is 8.60. The molecule has 242 valence electrons. The zero-order chi connectivity index (χ0) is 32.3. The topological polar surface area (TPSA) is 130 Å². The van der Waals surface area contributed by atoms with E-state index in [-0.39, 0.29) is 0 Å². The van der Waals surface area contributed by atoms with Gasteiger partial charge in [-0.3, -0.25) is 14.9 Å². The highest BCUT2D eigenvalue weighted by molar-refractivity contribution is 5.84. The summed E-state index contributed by atoms with van der Waals surface area (Å²) in [7, 11) is 1.35. The summed E-state index contributed by atoms with van der Waals surface area (Å²) in [6, 6.07) is 27.8. The normalized spacial score (nSPS) is 26.8. The number of nitrogens with one attached hydrogen (secondary N) is 1. The maximum absolute atomic E-state index is 13.9. The second-order valence-electron chi connectivity index (χ2n) is 11.3. The molecule has 10 heteroatoms. The van der Waals surface area contributed by atoms with Crippen molar-refractivity contribution >= 4 is 23.7 Å². The van der Waals surface area contributed by atoms with E-state index in [0.717, 1.165) is 11.1 Å². The molecule has 2 aliphatic rings. The van der Waals surface area contributed by atoms with Gasteiger partial charge >= 0.3 is 18.0 Å². The molecule has 5 rings (SSSR count). The van der Waals surface area contributed by atoms with Crippen molar-refractivity contribution in [3.8, 4) is 0 Å². The highest BCUT2D eigenvalue weighted by atomic mass is 16.7. The monoisotopic (exact) mass is 629 g/mol. The minimum Gasteiger partial charge on any atom is -0.454 e. The van der Waals surface area contributed by atoms with Crippen LogP contribution in [0.2, 0.25) is 0 Å². The molecule has 2 heterocycles. The maximum atomic E-state index is 13.9. The third-order valence-electron chi connectivity index (χ3n) is 8.10. The van der Waals surface area contributed by atoms with Crippen LogP contribution in [0.4, 0.5) is 10.5 Å². The summed E-state index contributed by atoms with van der Waals surface area (Å²) in [5, 5.41) is 12.9. The molecule has 1 saturated heterocycles. The minimum atomic E-state index is -1.35. The van der Waals surface area contributed by atoms with Gasteiger partial charge in [0.1, 0.15) is 6.10 Å². The van der Waals surface area contributed by atoms with Gasteiger partial charge in [0.05, 0.1) is 18.4 Å². The van der Waals surface area contributed by atoms with Crippen LogP contribution in [0, 0.1) is 11.8 Å². The Morgan fingerprint density at radius 3 is 1.78 bits per heavy atom. The molecule has 0 unspecified atom stereocenters. The quantitative estimate of drug-likeness (QED) is 0.204. The van der Waals surface area contributed by atoms with Crippen molar-refractivity contribution in [1.82, 2.24) is 0 Å². The number of aliphatic hydroxyl groups is 1. The first-order valence-corrected chi connectivity index (χ1v) is 15.4. The first-order chi connectivity index (χ1) is 22.4. The molecule has 0 saturated carbocycles. The molecule has 1 amide bonds. The number of hydrogen-bond acceptors (Lipinski definition) is 9. The van der Waals surface area contributed by atoms with Crippen LogP contribution >= 0.6 is 0 Å². The van der Waals surface area contributed by atoms with Gasteiger partial charge in [0.25, 0.3) is 0 Å². The number of ether oxygens (including phenoxy) is 5. The van der Waals surface area contributed by atoms with Crippen LogP contribution in [0.5, 0.6) is 0 Å². The number of fused-ring (bicyclic) bond motifs is 1. The van der Waals surface area contributed by atoms with E-state index in [4.69, 9.17) is 23.7 Å². The molecule has 46 heavy (non-hydrogen) atoms. The molecule has 0 bridgehead atoms. The fraction of sp³-hybridized carbons (Fsp3) is 0.361. The largest absolute Gasteiger partial charge is 0.454 e. The number of allylic oxidation sites excluding steroid dienone is 2. The summed E-state index contributed by atoms with van der Waals surface area (Å²) >= 11 is 0. The number of esters is 2. The molecule has 10 nitrogen and oxygen atoms in total. The number of hydrogen-bond donors (Lipinski definition) is 2. The molecule has 3 aromatic rings. The molecule has 7 atom stereocenters. The number of amides is 1. The standard InChI is InChI=1S/C36H39NO9/c1-42-35-32-31(30(29(23-38)43-35)46-36(41)37-28-19-9-4-10-20-28)44-33(39)26(21-24-13-5-2-6-14-24)17-11-12-18-27(34(40)45-32)22-25-15-7-3-8-16-25/h2-16,19-20,26-27,29-32,35,38H,17-18,21-23H2,1H3,(H,37,41)/t26-,27-,29+,30+,31-,32-,35-/m0/s1. The Morgan fingerprint density at radius 2 is 1.28 bits per heavy atom. The number of carbonyl (C=O) groups excluding carboxylic acids is 3. The summed E-state index contributed by atoms with van der Waals surface area (Å²) in [5.41, 5.74) is 2.37. The number of rotatable bonds is 8. The first kappa shape index (κ1) is 32.9. The Morgan fingerprint density at radius 1 is 0.783 bits per heavy atom. The van der Waals surface area contributed by atoms with Crippen molar-refractivity contribution in [3.63, 3.8) is 0 Å². The van der Waals surface area contributed by atoms with Crippen molar-refractivity contribution in [2.75, 3.05) is 19.0 Å². The van der Waals surface area contributed by atoms with Gasteiger partial charge in [-0.1, -0.05) is 91.0 Å². The Bertz CT molecular complexity index is 1450. The summed E-state index contributed by atoms with van der Waals surface area (Å²) in [4.78, 5) is 40.8. The number of carbonyl (C=O) groups is 3. The Kier molecular flexibility index (Phi) is 11.6. The number of aliphatic hydroxyl groups excluding tert-OH is 1. The lowest BCUT2D eigenvalue weighted by Gasteiger charge is -2.44. The average Bonchev–Trinajstić information content (AvgIpc) is 3.07. The molecular formula is C36H39NO9. The van der Waals surface area contributed by atoms with Gasteiger partial charge in [-0.05, 0) is 48.9 Å². The van der Waals surface area contributed by atoms with Crippen molar-refractivity contribution in [2.24, 2.45) is 11.8 Å². The van der Waals surface area contributed by atoms with Gasteiger partial charge in [0, 0.05) is 12.8 Å². The Balaban J connectivity index is 1.49. The van der Waals surface area contributed by atoms with Crippen molar-refractivity contribution in [2.45, 2.75) is 56.4 Å². The first-order valence-electron chi connectivity index (χ1n) is 15.4. The van der Waals surface area contributed by atoms with E-state index in [1.807, 2.05) is 72.8 Å². The molecule has 2 N–H and O–H groups in total. The van der Waals surface area contributed by atoms with E-state index >= 15 is 0 Å². The fourth-order valence-corrected chi connectivity index (χ4v) is 5.71. The highest BCUT2D eigenvalue weighted by Gasteiger charge is 2.53. The van der Waals surface area contributed by atoms with E-state index in [0.29, 0.717) is 31.4 Å². The van der Waals surface area contributed by atoms with Gasteiger partial charge in [0.2, 0.25) is 0 Å². The lowest BCUT2D eigenvalue weighted by atomic mass is 9.92. The van der Waals surface area contributed by atoms with E-state index in [1.165, 1.54) is 7.11 Å². The summed E-state index contributed by atoms with van der Waals surface area (Å²) in [6.07, 6.45) is -1.94. The molecule has 0 spiro atoms. The number of benzene rings is 3. The predicted molar refractivity (Wildman–Crippen MR) is 168 cm³/mol. The molecule has 1 fully saturated rings. The maximum Gasteiger partial charge on any atom is 0.412 e. The van der Waals surface area contributed by atoms with Crippen molar-refractivity contribution in [3.05, 3.63) is 114 Å². The molecule has 0 radical (unpaired) electrons. The summed E-state index contributed by atoms with van der Waals surface area (Å²) in [5.74, 6) is -2.30. The van der Waals surface area contributed by atoms with Crippen LogP contribution in [0.15, 0.2) is 103 Å². The molecular weight excluding hydrogens is 590 g/mol. The van der Waals surface area contributed by atoms with Crippen LogP contribution in [0.1, 0.15) is 24.0 Å². The Hall–Kier alpha value is -4.51. The summed E-state index contributed by atoms with van der Waals surface area (Å²) < 4.78 is 29.4. The van der Waals surface area contributed by atoms with Gasteiger partial charge in [-0.15, -0.1) is 0 Å². The molecule has 0 aliphatic carbocycles. The van der Waals surface area contributed by atoms with Crippen LogP contribution in [-0.4, -0.2) is 67.6 Å². The molecule has 3 aromatic carbocycles. The van der Waals surface area contributed by atoms with Crippen molar-refractivity contribution < 1.29 is 43.2 Å². The van der Waals surface area contributed by atoms with Crippen LogP contribution in [0.25, 0.3) is 0 Å². The van der Waals surface area contributed by atoms with Gasteiger partial charge < -0.3 is 28.8 Å². The van der Waals surface area contributed by atoms with E-state index in [2.05, 4.69) is 5.32 Å². The third-order valence-corrected chi connectivity index (χ3v) is 8.10.